The Morgan fingerprint density at radius 3 is 2.67 bits per heavy atom. The Morgan fingerprint density at radius 2 is 2.00 bits per heavy atom. The summed E-state index contributed by atoms with van der Waals surface area (Å²) >= 11 is 11.8. The van der Waals surface area contributed by atoms with Gasteiger partial charge in [-0.3, -0.25) is 9.59 Å². The lowest BCUT2D eigenvalue weighted by molar-refractivity contribution is -0.124. The van der Waals surface area contributed by atoms with Crippen molar-refractivity contribution in [2.45, 2.75) is 13.3 Å². The number of ether oxygens (including phenoxy) is 1. The molecule has 0 aromatic heterocycles. The molecule has 0 heterocycles. The first-order valence-corrected chi connectivity index (χ1v) is 6.73. The SMILES string of the molecule is COCC(=O)N/N=C(\C)CC(=O)Nc1cc(Cl)ccc1Cl. The van der Waals surface area contributed by atoms with Gasteiger partial charge in [-0.15, -0.1) is 0 Å². The molecule has 0 fully saturated rings. The van der Waals surface area contributed by atoms with Gasteiger partial charge in [-0.2, -0.15) is 5.10 Å². The van der Waals surface area contributed by atoms with Gasteiger partial charge in [0.15, 0.2) is 0 Å². The van der Waals surface area contributed by atoms with Gasteiger partial charge in [0.2, 0.25) is 5.91 Å². The molecule has 1 rings (SSSR count). The molecule has 0 aliphatic rings. The highest BCUT2D eigenvalue weighted by Crippen LogP contribution is 2.25. The Bertz CT molecular complexity index is 562. The first-order valence-electron chi connectivity index (χ1n) is 5.98. The molecule has 2 amide bonds. The topological polar surface area (TPSA) is 79.8 Å². The highest BCUT2D eigenvalue weighted by molar-refractivity contribution is 6.35. The van der Waals surface area contributed by atoms with E-state index in [1.807, 2.05) is 0 Å². The molecule has 0 spiro atoms. The van der Waals surface area contributed by atoms with Gasteiger partial charge in [-0.25, -0.2) is 5.43 Å². The first-order chi connectivity index (χ1) is 9.92. The lowest BCUT2D eigenvalue weighted by Gasteiger charge is -2.07. The van der Waals surface area contributed by atoms with Crippen molar-refractivity contribution in [1.29, 1.82) is 0 Å². The second-order valence-corrected chi connectivity index (χ2v) is 5.01. The Labute approximate surface area is 132 Å². The van der Waals surface area contributed by atoms with Crippen LogP contribution in [-0.4, -0.2) is 31.2 Å². The summed E-state index contributed by atoms with van der Waals surface area (Å²) in [5.74, 6) is -0.712. The molecule has 21 heavy (non-hydrogen) atoms. The van der Waals surface area contributed by atoms with Crippen molar-refractivity contribution in [2.24, 2.45) is 5.10 Å². The summed E-state index contributed by atoms with van der Waals surface area (Å²) in [6.07, 6.45) is 0.0100. The normalized spacial score (nSPS) is 11.1. The van der Waals surface area contributed by atoms with Crippen molar-refractivity contribution < 1.29 is 14.3 Å². The van der Waals surface area contributed by atoms with Crippen molar-refractivity contribution in [3.63, 3.8) is 0 Å². The zero-order valence-corrected chi connectivity index (χ0v) is 13.1. The van der Waals surface area contributed by atoms with Gasteiger partial charge in [-0.1, -0.05) is 23.2 Å². The van der Waals surface area contributed by atoms with Crippen LogP contribution in [0.2, 0.25) is 10.0 Å². The van der Waals surface area contributed by atoms with Crippen LogP contribution in [-0.2, 0) is 14.3 Å². The molecule has 0 saturated carbocycles. The van der Waals surface area contributed by atoms with Gasteiger partial charge < -0.3 is 10.1 Å². The molecule has 8 heteroatoms. The molecule has 0 saturated heterocycles. The highest BCUT2D eigenvalue weighted by atomic mass is 35.5. The number of nitrogens with zero attached hydrogens (tertiary/aromatic N) is 1. The van der Waals surface area contributed by atoms with E-state index in [1.54, 1.807) is 25.1 Å². The van der Waals surface area contributed by atoms with E-state index in [2.05, 4.69) is 20.6 Å². The Hall–Kier alpha value is -1.63. The lowest BCUT2D eigenvalue weighted by atomic mass is 10.2. The van der Waals surface area contributed by atoms with E-state index in [0.717, 1.165) is 0 Å². The van der Waals surface area contributed by atoms with Crippen LogP contribution in [0.15, 0.2) is 23.3 Å². The predicted molar refractivity (Wildman–Crippen MR) is 82.8 cm³/mol. The van der Waals surface area contributed by atoms with Gasteiger partial charge in [0.25, 0.3) is 5.91 Å². The van der Waals surface area contributed by atoms with Crippen molar-refractivity contribution >= 4 is 46.4 Å². The van der Waals surface area contributed by atoms with Crippen LogP contribution in [0.25, 0.3) is 0 Å². The number of hydrogen-bond donors (Lipinski definition) is 2. The van der Waals surface area contributed by atoms with Gasteiger partial charge >= 0.3 is 0 Å². The number of rotatable bonds is 6. The van der Waals surface area contributed by atoms with E-state index in [4.69, 9.17) is 23.2 Å². The molecule has 6 nitrogen and oxygen atoms in total. The molecule has 114 valence electrons. The molecule has 0 unspecified atom stereocenters. The fraction of sp³-hybridized carbons (Fsp3) is 0.308. The van der Waals surface area contributed by atoms with Crippen LogP contribution in [0.1, 0.15) is 13.3 Å². The quantitative estimate of drug-likeness (QED) is 0.620. The third kappa shape index (κ3) is 6.57. The third-order valence-electron chi connectivity index (χ3n) is 2.27. The zero-order valence-electron chi connectivity index (χ0n) is 11.6. The van der Waals surface area contributed by atoms with Crippen LogP contribution >= 0.6 is 23.2 Å². The van der Waals surface area contributed by atoms with Gasteiger partial charge in [-0.05, 0) is 25.1 Å². The number of halogens is 2. The Balaban J connectivity index is 2.55. The second kappa shape index (κ2) is 8.61. The van der Waals surface area contributed by atoms with Crippen LogP contribution in [0.4, 0.5) is 5.69 Å². The summed E-state index contributed by atoms with van der Waals surface area (Å²) < 4.78 is 4.63. The minimum atomic E-state index is -0.393. The molecule has 0 aliphatic carbocycles. The molecule has 1 aromatic rings. The van der Waals surface area contributed by atoms with E-state index in [9.17, 15) is 9.59 Å². The van der Waals surface area contributed by atoms with Gasteiger partial charge in [0, 0.05) is 17.8 Å². The predicted octanol–water partition coefficient (Wildman–Crippen LogP) is 2.46. The maximum atomic E-state index is 11.8. The zero-order chi connectivity index (χ0) is 15.8. The van der Waals surface area contributed by atoms with E-state index >= 15 is 0 Å². The Kier molecular flexibility index (Phi) is 7.14. The van der Waals surface area contributed by atoms with Crippen LogP contribution < -0.4 is 10.7 Å². The van der Waals surface area contributed by atoms with Crippen molar-refractivity contribution in [2.75, 3.05) is 19.0 Å². The van der Waals surface area contributed by atoms with Crippen LogP contribution in [0, 0.1) is 0 Å². The van der Waals surface area contributed by atoms with Gasteiger partial charge in [0.05, 0.1) is 17.1 Å². The largest absolute Gasteiger partial charge is 0.375 e. The first kappa shape index (κ1) is 17.4. The third-order valence-corrected chi connectivity index (χ3v) is 2.83. The summed E-state index contributed by atoms with van der Waals surface area (Å²) in [6, 6.07) is 4.76. The van der Waals surface area contributed by atoms with Crippen molar-refractivity contribution in [3.8, 4) is 0 Å². The van der Waals surface area contributed by atoms with E-state index < -0.39 is 5.91 Å². The van der Waals surface area contributed by atoms with Crippen molar-refractivity contribution in [1.82, 2.24) is 5.43 Å². The van der Waals surface area contributed by atoms with E-state index in [1.165, 1.54) is 7.11 Å². The number of hydrogen-bond acceptors (Lipinski definition) is 4. The van der Waals surface area contributed by atoms with Crippen molar-refractivity contribution in [3.05, 3.63) is 28.2 Å². The number of benzene rings is 1. The molecule has 1 aromatic carbocycles. The summed E-state index contributed by atoms with van der Waals surface area (Å²) in [7, 11) is 1.40. The summed E-state index contributed by atoms with van der Waals surface area (Å²) in [4.78, 5) is 23.0. The molecule has 0 radical (unpaired) electrons. The van der Waals surface area contributed by atoms with E-state index in [-0.39, 0.29) is 18.9 Å². The molecule has 2 N–H and O–H groups in total. The number of carbonyl (C=O) groups is 2. The average molecular weight is 332 g/mol. The standard InChI is InChI=1S/C13H15Cl2N3O3/c1-8(17-18-13(20)7-21-2)5-12(19)16-11-6-9(14)3-4-10(11)15/h3-4,6H,5,7H2,1-2H3,(H,16,19)(H,18,20)/b17-8+. The maximum Gasteiger partial charge on any atom is 0.266 e. The second-order valence-electron chi connectivity index (χ2n) is 4.16. The van der Waals surface area contributed by atoms with E-state index in [0.29, 0.717) is 21.4 Å². The molecule has 0 bridgehead atoms. The number of carbonyl (C=O) groups excluding carboxylic acids is 2. The molecule has 0 aliphatic heterocycles. The van der Waals surface area contributed by atoms with Gasteiger partial charge in [0.1, 0.15) is 6.61 Å². The average Bonchev–Trinajstić information content (AvgIpc) is 2.41. The van der Waals surface area contributed by atoms with Crippen LogP contribution in [0.3, 0.4) is 0 Å². The fourth-order valence-electron chi connectivity index (χ4n) is 1.38. The maximum absolute atomic E-state index is 11.8. The molecular formula is C13H15Cl2N3O3. The molecular weight excluding hydrogens is 317 g/mol. The number of methoxy groups -OCH3 is 1. The van der Waals surface area contributed by atoms with Crippen LogP contribution in [0.5, 0.6) is 0 Å². The smallest absolute Gasteiger partial charge is 0.266 e. The number of nitrogens with one attached hydrogen (secondary N) is 2. The number of amides is 2. The summed E-state index contributed by atoms with van der Waals surface area (Å²) in [5, 5.41) is 7.25. The number of hydrazone groups is 1. The minimum absolute atomic E-state index is 0.0100. The number of anilines is 1. The lowest BCUT2D eigenvalue weighted by Crippen LogP contribution is -2.24. The highest BCUT2D eigenvalue weighted by Gasteiger charge is 2.08. The summed E-state index contributed by atoms with van der Waals surface area (Å²) in [5.41, 5.74) is 3.13. The minimum Gasteiger partial charge on any atom is -0.375 e. The summed E-state index contributed by atoms with van der Waals surface area (Å²) in [6.45, 7) is 1.52. The monoisotopic (exact) mass is 331 g/mol. The Morgan fingerprint density at radius 1 is 1.29 bits per heavy atom. The fourth-order valence-corrected chi connectivity index (χ4v) is 1.72. The molecule has 0 atom stereocenters.